The molecule has 3 aromatic rings. The number of thiazole rings is 1. The van der Waals surface area contributed by atoms with E-state index in [4.69, 9.17) is 4.98 Å². The Kier molecular flexibility index (Phi) is 4.40. The van der Waals surface area contributed by atoms with Gasteiger partial charge in [0.25, 0.3) is 0 Å². The molecule has 0 bridgehead atoms. The van der Waals surface area contributed by atoms with Crippen LogP contribution in [0.25, 0.3) is 11.3 Å². The molecule has 0 saturated heterocycles. The molecule has 6 heteroatoms. The second-order valence-electron chi connectivity index (χ2n) is 6.09. The van der Waals surface area contributed by atoms with Crippen molar-refractivity contribution in [2.45, 2.75) is 45.3 Å². The Bertz CT molecular complexity index is 808. The van der Waals surface area contributed by atoms with Crippen molar-refractivity contribution in [3.05, 3.63) is 52.4 Å². The van der Waals surface area contributed by atoms with E-state index in [2.05, 4.69) is 56.7 Å². The lowest BCUT2D eigenvalue weighted by Gasteiger charge is -2.23. The van der Waals surface area contributed by atoms with Crippen molar-refractivity contribution in [2.75, 3.05) is 0 Å². The van der Waals surface area contributed by atoms with Gasteiger partial charge in [0.1, 0.15) is 10.8 Å². The number of rotatable bonds is 5. The molecule has 0 spiro atoms. The van der Waals surface area contributed by atoms with Gasteiger partial charge in [0, 0.05) is 36.4 Å². The maximum Gasteiger partial charge on any atom is 0.150 e. The molecule has 124 valence electrons. The second-order valence-corrected chi connectivity index (χ2v) is 7.03. The Morgan fingerprint density at radius 2 is 2.12 bits per heavy atom. The molecule has 24 heavy (non-hydrogen) atoms. The van der Waals surface area contributed by atoms with Gasteiger partial charge in [-0.1, -0.05) is 37.3 Å². The largest absolute Gasteiger partial charge is 0.306 e. The number of aromatic nitrogens is 4. The third-order valence-electron chi connectivity index (χ3n) is 4.38. The zero-order chi connectivity index (χ0) is 16.4. The highest BCUT2D eigenvalue weighted by Crippen LogP contribution is 2.22. The standard InChI is InChI=1S/C18H21N5S/c1-2-16-21-17-9-8-14(11-23(17)22-16)19-10-18-20-15(12-24-18)13-6-4-3-5-7-13/h3-7,12,14,19H,2,8-11H2,1H3/t14-/m0/s1. The minimum Gasteiger partial charge on any atom is -0.306 e. The molecule has 5 nitrogen and oxygen atoms in total. The van der Waals surface area contributed by atoms with Crippen LogP contribution in [-0.2, 0) is 25.9 Å². The first-order valence-electron chi connectivity index (χ1n) is 8.47. The number of benzene rings is 1. The molecule has 3 heterocycles. The monoisotopic (exact) mass is 339 g/mol. The number of fused-ring (bicyclic) bond motifs is 1. The van der Waals surface area contributed by atoms with Crippen LogP contribution in [-0.4, -0.2) is 25.8 Å². The molecule has 0 aliphatic carbocycles. The van der Waals surface area contributed by atoms with Crippen molar-refractivity contribution < 1.29 is 0 Å². The van der Waals surface area contributed by atoms with Crippen LogP contribution in [0.4, 0.5) is 0 Å². The fourth-order valence-electron chi connectivity index (χ4n) is 3.04. The topological polar surface area (TPSA) is 55.6 Å². The fourth-order valence-corrected chi connectivity index (χ4v) is 3.80. The summed E-state index contributed by atoms with van der Waals surface area (Å²) in [5.74, 6) is 2.09. The highest BCUT2D eigenvalue weighted by Gasteiger charge is 2.21. The molecule has 0 saturated carbocycles. The summed E-state index contributed by atoms with van der Waals surface area (Å²) in [6, 6.07) is 10.8. The Morgan fingerprint density at radius 3 is 2.96 bits per heavy atom. The number of hydrogen-bond donors (Lipinski definition) is 1. The van der Waals surface area contributed by atoms with E-state index in [-0.39, 0.29) is 0 Å². The Labute approximate surface area is 145 Å². The van der Waals surface area contributed by atoms with E-state index >= 15 is 0 Å². The summed E-state index contributed by atoms with van der Waals surface area (Å²) < 4.78 is 2.07. The molecular weight excluding hydrogens is 318 g/mol. The Morgan fingerprint density at radius 1 is 1.25 bits per heavy atom. The van der Waals surface area contributed by atoms with Crippen LogP contribution in [0.5, 0.6) is 0 Å². The van der Waals surface area contributed by atoms with Crippen molar-refractivity contribution in [3.8, 4) is 11.3 Å². The van der Waals surface area contributed by atoms with Gasteiger partial charge in [0.15, 0.2) is 5.82 Å². The minimum absolute atomic E-state index is 0.438. The van der Waals surface area contributed by atoms with Crippen molar-refractivity contribution in [3.63, 3.8) is 0 Å². The average molecular weight is 339 g/mol. The fraction of sp³-hybridized carbons (Fsp3) is 0.389. The number of aryl methyl sites for hydroxylation is 2. The normalized spacial score (nSPS) is 17.0. The van der Waals surface area contributed by atoms with Gasteiger partial charge >= 0.3 is 0 Å². The van der Waals surface area contributed by atoms with E-state index in [0.717, 1.165) is 54.7 Å². The first-order valence-corrected chi connectivity index (χ1v) is 9.35. The average Bonchev–Trinajstić information content (AvgIpc) is 3.27. The highest BCUT2D eigenvalue weighted by molar-refractivity contribution is 7.09. The van der Waals surface area contributed by atoms with Crippen molar-refractivity contribution in [1.29, 1.82) is 0 Å². The molecule has 1 atom stereocenters. The van der Waals surface area contributed by atoms with Gasteiger partial charge in [-0.05, 0) is 6.42 Å². The van der Waals surface area contributed by atoms with E-state index in [1.807, 2.05) is 6.07 Å². The Balaban J connectivity index is 1.37. The van der Waals surface area contributed by atoms with Crippen LogP contribution in [0, 0.1) is 0 Å². The first-order chi connectivity index (χ1) is 11.8. The van der Waals surface area contributed by atoms with Crippen LogP contribution in [0.1, 0.15) is 30.0 Å². The van der Waals surface area contributed by atoms with E-state index in [0.29, 0.717) is 6.04 Å². The van der Waals surface area contributed by atoms with Gasteiger partial charge in [-0.15, -0.1) is 11.3 Å². The molecular formula is C18H21N5S. The van der Waals surface area contributed by atoms with Crippen molar-refractivity contribution >= 4 is 11.3 Å². The van der Waals surface area contributed by atoms with Gasteiger partial charge < -0.3 is 5.32 Å². The van der Waals surface area contributed by atoms with Crippen molar-refractivity contribution in [1.82, 2.24) is 25.1 Å². The third kappa shape index (κ3) is 3.25. The van der Waals surface area contributed by atoms with Gasteiger partial charge in [0.2, 0.25) is 0 Å². The molecule has 0 unspecified atom stereocenters. The molecule has 1 aliphatic rings. The van der Waals surface area contributed by atoms with Crippen LogP contribution in [0.15, 0.2) is 35.7 Å². The second kappa shape index (κ2) is 6.83. The molecule has 1 aliphatic heterocycles. The predicted octanol–water partition coefficient (Wildman–Crippen LogP) is 3.07. The maximum atomic E-state index is 4.75. The molecule has 4 rings (SSSR count). The SMILES string of the molecule is CCc1nc2n(n1)C[C@@H](NCc1nc(-c3ccccc3)cs1)CC2. The van der Waals surface area contributed by atoms with Crippen molar-refractivity contribution in [2.24, 2.45) is 0 Å². The van der Waals surface area contributed by atoms with Crippen LogP contribution in [0.2, 0.25) is 0 Å². The number of nitrogens with one attached hydrogen (secondary N) is 1. The lowest BCUT2D eigenvalue weighted by atomic mass is 10.1. The van der Waals surface area contributed by atoms with Gasteiger partial charge in [-0.2, -0.15) is 5.10 Å². The summed E-state index contributed by atoms with van der Waals surface area (Å²) in [6.07, 6.45) is 3.01. The molecule has 1 N–H and O–H groups in total. The zero-order valence-electron chi connectivity index (χ0n) is 13.8. The molecule has 1 aromatic carbocycles. The molecule has 0 radical (unpaired) electrons. The maximum absolute atomic E-state index is 4.75. The number of hydrogen-bond acceptors (Lipinski definition) is 5. The molecule has 0 fully saturated rings. The van der Waals surface area contributed by atoms with Gasteiger partial charge in [-0.25, -0.2) is 14.6 Å². The third-order valence-corrected chi connectivity index (χ3v) is 5.23. The zero-order valence-corrected chi connectivity index (χ0v) is 14.6. The Hall–Kier alpha value is -2.05. The molecule has 0 amide bonds. The molecule has 2 aromatic heterocycles. The minimum atomic E-state index is 0.438. The summed E-state index contributed by atoms with van der Waals surface area (Å²) in [5, 5.41) is 11.5. The first kappa shape index (κ1) is 15.5. The summed E-state index contributed by atoms with van der Waals surface area (Å²) >= 11 is 1.72. The van der Waals surface area contributed by atoms with Crippen LogP contribution in [0.3, 0.4) is 0 Å². The van der Waals surface area contributed by atoms with E-state index in [1.165, 1.54) is 5.56 Å². The summed E-state index contributed by atoms with van der Waals surface area (Å²) in [4.78, 5) is 9.32. The van der Waals surface area contributed by atoms with Crippen LogP contribution < -0.4 is 5.32 Å². The van der Waals surface area contributed by atoms with Gasteiger partial charge in [0.05, 0.1) is 12.2 Å². The lowest BCUT2D eigenvalue weighted by molar-refractivity contribution is 0.357. The van der Waals surface area contributed by atoms with Crippen LogP contribution >= 0.6 is 11.3 Å². The highest BCUT2D eigenvalue weighted by atomic mass is 32.1. The van der Waals surface area contributed by atoms with E-state index in [1.54, 1.807) is 11.3 Å². The van der Waals surface area contributed by atoms with E-state index in [9.17, 15) is 0 Å². The quantitative estimate of drug-likeness (QED) is 0.776. The predicted molar refractivity (Wildman–Crippen MR) is 95.9 cm³/mol. The smallest absolute Gasteiger partial charge is 0.150 e. The summed E-state index contributed by atoms with van der Waals surface area (Å²) in [5.41, 5.74) is 2.24. The van der Waals surface area contributed by atoms with E-state index < -0.39 is 0 Å². The summed E-state index contributed by atoms with van der Waals surface area (Å²) in [7, 11) is 0. The lowest BCUT2D eigenvalue weighted by Crippen LogP contribution is -2.37. The number of nitrogens with zero attached hydrogens (tertiary/aromatic N) is 4. The summed E-state index contributed by atoms with van der Waals surface area (Å²) in [6.45, 7) is 3.82. The van der Waals surface area contributed by atoms with Gasteiger partial charge in [-0.3, -0.25) is 0 Å².